The predicted molar refractivity (Wildman–Crippen MR) is 143 cm³/mol. The Morgan fingerprint density at radius 2 is 1.65 bits per heavy atom. The van der Waals surface area contributed by atoms with Gasteiger partial charge < -0.3 is 20.1 Å². The fourth-order valence-electron chi connectivity index (χ4n) is 4.02. The molecular weight excluding hydrogens is 566 g/mol. The van der Waals surface area contributed by atoms with Crippen LogP contribution in [0.1, 0.15) is 17.5 Å². The smallest absolute Gasteiger partial charge is 0.414 e. The summed E-state index contributed by atoms with van der Waals surface area (Å²) in [4.78, 5) is 38.1. The van der Waals surface area contributed by atoms with Crippen LogP contribution in [0.5, 0.6) is 5.75 Å². The van der Waals surface area contributed by atoms with E-state index in [1.165, 1.54) is 55.4 Å². The number of carbonyl (C=O) groups excluding carboxylic acids is 2. The molecule has 15 heteroatoms. The molecule has 1 aliphatic rings. The van der Waals surface area contributed by atoms with Crippen LogP contribution in [-0.2, 0) is 40.3 Å². The number of rotatable bonds is 10. The first-order valence-electron chi connectivity index (χ1n) is 12.0. The fourth-order valence-corrected chi connectivity index (χ4v) is 6.29. The third kappa shape index (κ3) is 8.00. The maximum atomic E-state index is 13.4. The van der Waals surface area contributed by atoms with Gasteiger partial charge in [0.15, 0.2) is 0 Å². The van der Waals surface area contributed by atoms with E-state index in [2.05, 4.69) is 5.32 Å². The summed E-state index contributed by atoms with van der Waals surface area (Å²) in [5.74, 6) is -2.05. The molecule has 3 rings (SSSR count). The highest BCUT2D eigenvalue weighted by Crippen LogP contribution is 2.29. The van der Waals surface area contributed by atoms with E-state index in [4.69, 9.17) is 8.92 Å². The Bertz CT molecular complexity index is 1460. The van der Waals surface area contributed by atoms with Crippen LogP contribution >= 0.6 is 0 Å². The van der Waals surface area contributed by atoms with Gasteiger partial charge in [-0.25, -0.2) is 18.0 Å². The highest BCUT2D eigenvalue weighted by molar-refractivity contribution is 7.89. The molecule has 1 heterocycles. The predicted octanol–water partition coefficient (Wildman–Crippen LogP) is 0.975. The third-order valence-corrected chi connectivity index (χ3v) is 8.52. The first-order valence-corrected chi connectivity index (χ1v) is 15.3. The Hall–Kier alpha value is -3.53. The monoisotopic (exact) mass is 597 g/mol. The molecule has 1 aliphatic heterocycles. The highest BCUT2D eigenvalue weighted by Gasteiger charge is 2.46. The van der Waals surface area contributed by atoms with Crippen LogP contribution in [-0.4, -0.2) is 94.2 Å². The molecule has 2 aromatic rings. The van der Waals surface area contributed by atoms with E-state index < -0.39 is 62.8 Å². The van der Waals surface area contributed by atoms with Gasteiger partial charge in [-0.05, 0) is 36.8 Å². The van der Waals surface area contributed by atoms with Crippen molar-refractivity contribution >= 4 is 38.1 Å². The standard InChI is InChI=1S/C25H31N3O10S2/c1-16-5-11-20(12-6-16)40(35,36)28-15-19(38-39(4,33)34)14-22(28)23(29)26-21(24(30)31)13-17-7-9-18(10-8-17)37-25(32)27(2)3/h5-12,19,21-22H,13-15H2,1-4H3,(H,26,29)(H,30,31)/t19?,21-,22-/m0/s1. The summed E-state index contributed by atoms with van der Waals surface area (Å²) in [6.07, 6.45) is -1.40. The molecule has 0 saturated carbocycles. The van der Waals surface area contributed by atoms with Crippen molar-refractivity contribution in [3.05, 3.63) is 59.7 Å². The largest absolute Gasteiger partial charge is 0.480 e. The Balaban J connectivity index is 1.81. The highest BCUT2D eigenvalue weighted by atomic mass is 32.2. The first-order chi connectivity index (χ1) is 18.6. The number of nitrogens with one attached hydrogen (secondary N) is 1. The van der Waals surface area contributed by atoms with Gasteiger partial charge in [-0.15, -0.1) is 0 Å². The number of ether oxygens (including phenoxy) is 1. The summed E-state index contributed by atoms with van der Waals surface area (Å²) in [6.45, 7) is 1.35. The van der Waals surface area contributed by atoms with Crippen molar-refractivity contribution in [2.75, 3.05) is 26.9 Å². The van der Waals surface area contributed by atoms with E-state index in [1.54, 1.807) is 19.1 Å². The molecule has 0 bridgehead atoms. The number of carbonyl (C=O) groups is 3. The minimum absolute atomic E-state index is 0.110. The lowest BCUT2D eigenvalue weighted by Gasteiger charge is -2.25. The molecule has 1 saturated heterocycles. The molecule has 2 aromatic carbocycles. The molecule has 1 unspecified atom stereocenters. The number of hydrogen-bond acceptors (Lipinski definition) is 9. The van der Waals surface area contributed by atoms with Crippen molar-refractivity contribution in [3.8, 4) is 5.75 Å². The molecule has 1 fully saturated rings. The van der Waals surface area contributed by atoms with E-state index in [-0.39, 0.29) is 23.5 Å². The number of benzene rings is 2. The van der Waals surface area contributed by atoms with Gasteiger partial charge in [-0.3, -0.25) is 8.98 Å². The van der Waals surface area contributed by atoms with Crippen LogP contribution in [0.25, 0.3) is 0 Å². The number of carboxylic acid groups (broad SMARTS) is 1. The van der Waals surface area contributed by atoms with Crippen LogP contribution in [0.15, 0.2) is 53.4 Å². The van der Waals surface area contributed by atoms with Gasteiger partial charge in [0.05, 0.1) is 17.3 Å². The second-order valence-electron chi connectivity index (χ2n) is 9.57. The Morgan fingerprint density at radius 3 is 2.17 bits per heavy atom. The lowest BCUT2D eigenvalue weighted by molar-refractivity contribution is -0.142. The maximum Gasteiger partial charge on any atom is 0.414 e. The quantitative estimate of drug-likeness (QED) is 0.375. The zero-order chi connectivity index (χ0) is 29.8. The summed E-state index contributed by atoms with van der Waals surface area (Å²) in [6, 6.07) is 9.02. The average molecular weight is 598 g/mol. The van der Waals surface area contributed by atoms with Crippen LogP contribution in [0, 0.1) is 6.92 Å². The van der Waals surface area contributed by atoms with Crippen LogP contribution in [0.3, 0.4) is 0 Å². The number of sulfonamides is 1. The minimum atomic E-state index is -4.27. The topological polar surface area (TPSA) is 177 Å². The summed E-state index contributed by atoms with van der Waals surface area (Å²) in [5, 5.41) is 12.1. The lowest BCUT2D eigenvalue weighted by Crippen LogP contribution is -2.51. The summed E-state index contributed by atoms with van der Waals surface area (Å²) in [7, 11) is -5.20. The van der Waals surface area contributed by atoms with Crippen molar-refractivity contribution in [1.82, 2.24) is 14.5 Å². The van der Waals surface area contributed by atoms with Crippen molar-refractivity contribution in [1.29, 1.82) is 0 Å². The Labute approximate surface area is 232 Å². The van der Waals surface area contributed by atoms with E-state index in [9.17, 15) is 36.3 Å². The zero-order valence-corrected chi connectivity index (χ0v) is 23.9. The van der Waals surface area contributed by atoms with Crippen molar-refractivity contribution in [2.24, 2.45) is 0 Å². The maximum absolute atomic E-state index is 13.4. The second-order valence-corrected chi connectivity index (χ2v) is 13.1. The average Bonchev–Trinajstić information content (AvgIpc) is 3.28. The van der Waals surface area contributed by atoms with Gasteiger partial charge in [0.1, 0.15) is 17.8 Å². The van der Waals surface area contributed by atoms with Crippen LogP contribution < -0.4 is 10.1 Å². The number of carboxylic acids is 1. The summed E-state index contributed by atoms with van der Waals surface area (Å²) in [5.41, 5.74) is 1.30. The molecule has 2 amide bonds. The second kappa shape index (κ2) is 12.3. The SMILES string of the molecule is Cc1ccc(S(=O)(=O)N2CC(OS(C)(=O)=O)C[C@H]2C(=O)N[C@@H](Cc2ccc(OC(=O)N(C)C)cc2)C(=O)O)cc1. The number of aliphatic carboxylic acids is 1. The molecule has 2 N–H and O–H groups in total. The molecule has 218 valence electrons. The van der Waals surface area contributed by atoms with Gasteiger partial charge in [-0.1, -0.05) is 29.8 Å². The molecule has 0 aromatic heterocycles. The molecule has 0 radical (unpaired) electrons. The van der Waals surface area contributed by atoms with Gasteiger partial charge in [0.25, 0.3) is 10.1 Å². The van der Waals surface area contributed by atoms with Crippen molar-refractivity contribution < 1.29 is 45.2 Å². The molecule has 40 heavy (non-hydrogen) atoms. The Kier molecular flexibility index (Phi) is 9.56. The van der Waals surface area contributed by atoms with Gasteiger partial charge in [0.2, 0.25) is 15.9 Å². The molecule has 13 nitrogen and oxygen atoms in total. The Morgan fingerprint density at radius 1 is 1.05 bits per heavy atom. The molecule has 3 atom stereocenters. The molecular formula is C25H31N3O10S2. The van der Waals surface area contributed by atoms with Crippen LogP contribution in [0.4, 0.5) is 4.79 Å². The van der Waals surface area contributed by atoms with E-state index >= 15 is 0 Å². The van der Waals surface area contributed by atoms with Crippen molar-refractivity contribution in [2.45, 2.75) is 42.8 Å². The normalized spacial score (nSPS) is 18.6. The van der Waals surface area contributed by atoms with Gasteiger partial charge in [-0.2, -0.15) is 12.7 Å². The number of nitrogens with zero attached hydrogens (tertiary/aromatic N) is 2. The minimum Gasteiger partial charge on any atom is -0.480 e. The lowest BCUT2D eigenvalue weighted by atomic mass is 10.0. The summed E-state index contributed by atoms with van der Waals surface area (Å²) >= 11 is 0. The molecule has 0 spiro atoms. The fraction of sp³-hybridized carbons (Fsp3) is 0.400. The van der Waals surface area contributed by atoms with E-state index in [1.807, 2.05) is 0 Å². The number of aryl methyl sites for hydroxylation is 1. The number of hydrogen-bond donors (Lipinski definition) is 2. The van der Waals surface area contributed by atoms with Crippen LogP contribution in [0.2, 0.25) is 0 Å². The zero-order valence-electron chi connectivity index (χ0n) is 22.3. The summed E-state index contributed by atoms with van der Waals surface area (Å²) < 4.78 is 61.2. The molecule has 0 aliphatic carbocycles. The number of amides is 2. The first kappa shape index (κ1) is 31.0. The third-order valence-electron chi connectivity index (χ3n) is 6.01. The van der Waals surface area contributed by atoms with Gasteiger partial charge >= 0.3 is 12.1 Å². The van der Waals surface area contributed by atoms with Crippen molar-refractivity contribution in [3.63, 3.8) is 0 Å². The van der Waals surface area contributed by atoms with E-state index in [0.29, 0.717) is 5.56 Å². The van der Waals surface area contributed by atoms with E-state index in [0.717, 1.165) is 16.1 Å². The van der Waals surface area contributed by atoms with Gasteiger partial charge in [0, 0.05) is 33.5 Å².